The van der Waals surface area contributed by atoms with Crippen molar-refractivity contribution < 1.29 is 19.4 Å². The Balaban J connectivity index is 2.03. The summed E-state index contributed by atoms with van der Waals surface area (Å²) < 4.78 is 5.74. The first-order chi connectivity index (χ1) is 12.8. The minimum absolute atomic E-state index is 0.0222. The Hall–Kier alpha value is -2.87. The molecule has 0 bridgehead atoms. The molecule has 0 unspecified atom stereocenters. The number of nitrogens with zero attached hydrogens (tertiary/aromatic N) is 1. The average Bonchev–Trinajstić information content (AvgIpc) is 2.62. The van der Waals surface area contributed by atoms with Gasteiger partial charge in [0.25, 0.3) is 0 Å². The fourth-order valence-corrected chi connectivity index (χ4v) is 2.79. The number of ether oxygens (including phenoxy) is 1. The summed E-state index contributed by atoms with van der Waals surface area (Å²) in [5.74, 6) is -1.44. The number of phenolic OH excluding ortho intramolecular Hbond substituents is 1. The highest BCUT2D eigenvalue weighted by Gasteiger charge is 2.15. The summed E-state index contributed by atoms with van der Waals surface area (Å²) >= 11 is 3.22. The summed E-state index contributed by atoms with van der Waals surface area (Å²) in [6.45, 7) is 5.87. The number of anilines is 1. The summed E-state index contributed by atoms with van der Waals surface area (Å²) in [5.41, 5.74) is 5.06. The number of benzene rings is 2. The molecule has 0 radical (unpaired) electrons. The second kappa shape index (κ2) is 9.18. The standard InChI is InChI=1S/C19H20BrN3O4/c1-4-27-15-9-13(8-14(20)17(15)24)10-21-23-19(26)18(25)22-16-11(2)6-5-7-12(16)3/h5-10,24H,4H2,1-3H3,(H,22,25)(H,23,26)/b21-10-. The van der Waals surface area contributed by atoms with Crippen LogP contribution in [0.1, 0.15) is 23.6 Å². The molecule has 142 valence electrons. The monoisotopic (exact) mass is 433 g/mol. The minimum Gasteiger partial charge on any atom is -0.503 e. The van der Waals surface area contributed by atoms with Crippen molar-refractivity contribution in [3.63, 3.8) is 0 Å². The molecule has 3 N–H and O–H groups in total. The number of aryl methyl sites for hydroxylation is 2. The number of halogens is 1. The topological polar surface area (TPSA) is 100 Å². The molecule has 2 aromatic carbocycles. The molecule has 27 heavy (non-hydrogen) atoms. The molecule has 0 spiro atoms. The third-order valence-electron chi connectivity index (χ3n) is 3.66. The predicted molar refractivity (Wildman–Crippen MR) is 107 cm³/mol. The Morgan fingerprint density at radius 2 is 1.89 bits per heavy atom. The lowest BCUT2D eigenvalue weighted by Crippen LogP contribution is -2.32. The molecule has 0 aliphatic rings. The average molecular weight is 434 g/mol. The van der Waals surface area contributed by atoms with Crippen LogP contribution in [0.3, 0.4) is 0 Å². The highest BCUT2D eigenvalue weighted by Crippen LogP contribution is 2.35. The molecule has 0 fully saturated rings. The maximum atomic E-state index is 12.0. The van der Waals surface area contributed by atoms with Gasteiger partial charge in [-0.25, -0.2) is 5.43 Å². The van der Waals surface area contributed by atoms with Crippen molar-refractivity contribution in [3.8, 4) is 11.5 Å². The Kier molecular flexibility index (Phi) is 6.95. The number of amides is 2. The summed E-state index contributed by atoms with van der Waals surface area (Å²) in [6.07, 6.45) is 1.34. The Bertz CT molecular complexity index is 877. The van der Waals surface area contributed by atoms with E-state index in [1.807, 2.05) is 32.0 Å². The normalized spacial score (nSPS) is 10.7. The van der Waals surface area contributed by atoms with E-state index in [1.165, 1.54) is 6.21 Å². The predicted octanol–water partition coefficient (Wildman–Crippen LogP) is 3.26. The lowest BCUT2D eigenvalue weighted by Gasteiger charge is -2.10. The van der Waals surface area contributed by atoms with Crippen molar-refractivity contribution in [1.82, 2.24) is 5.43 Å². The number of hydrogen-bond donors (Lipinski definition) is 3. The van der Waals surface area contributed by atoms with Crippen molar-refractivity contribution in [1.29, 1.82) is 0 Å². The zero-order valence-corrected chi connectivity index (χ0v) is 16.8. The van der Waals surface area contributed by atoms with E-state index < -0.39 is 11.8 Å². The van der Waals surface area contributed by atoms with Crippen LogP contribution in [0.2, 0.25) is 0 Å². The van der Waals surface area contributed by atoms with Gasteiger partial charge in [-0.15, -0.1) is 0 Å². The number of carbonyl (C=O) groups excluding carboxylic acids is 2. The smallest absolute Gasteiger partial charge is 0.329 e. The second-order valence-corrected chi connectivity index (χ2v) is 6.56. The van der Waals surface area contributed by atoms with Crippen molar-refractivity contribution in [2.45, 2.75) is 20.8 Å². The molecule has 2 aromatic rings. The molecule has 0 atom stereocenters. The summed E-state index contributed by atoms with van der Waals surface area (Å²) in [7, 11) is 0. The van der Waals surface area contributed by atoms with E-state index in [0.717, 1.165) is 11.1 Å². The zero-order valence-electron chi connectivity index (χ0n) is 15.2. The van der Waals surface area contributed by atoms with Gasteiger partial charge >= 0.3 is 11.8 Å². The number of para-hydroxylation sites is 1. The quantitative estimate of drug-likeness (QED) is 0.382. The van der Waals surface area contributed by atoms with Crippen LogP contribution in [0.15, 0.2) is 39.9 Å². The lowest BCUT2D eigenvalue weighted by molar-refractivity contribution is -0.136. The Morgan fingerprint density at radius 1 is 1.22 bits per heavy atom. The number of rotatable bonds is 5. The van der Waals surface area contributed by atoms with Crippen LogP contribution < -0.4 is 15.5 Å². The molecule has 2 rings (SSSR count). The zero-order chi connectivity index (χ0) is 20.0. The third-order valence-corrected chi connectivity index (χ3v) is 4.26. The van der Waals surface area contributed by atoms with Crippen LogP contribution >= 0.6 is 15.9 Å². The van der Waals surface area contributed by atoms with Gasteiger partial charge in [-0.2, -0.15) is 5.10 Å². The Morgan fingerprint density at radius 3 is 2.52 bits per heavy atom. The van der Waals surface area contributed by atoms with Gasteiger partial charge in [-0.05, 0) is 65.5 Å². The first-order valence-electron chi connectivity index (χ1n) is 8.19. The van der Waals surface area contributed by atoms with Crippen LogP contribution in [-0.2, 0) is 9.59 Å². The van der Waals surface area contributed by atoms with Gasteiger partial charge in [-0.1, -0.05) is 18.2 Å². The Labute approximate surface area is 165 Å². The molecule has 2 amide bonds. The van der Waals surface area contributed by atoms with Gasteiger partial charge in [0.2, 0.25) is 0 Å². The largest absolute Gasteiger partial charge is 0.503 e. The van der Waals surface area contributed by atoms with E-state index in [9.17, 15) is 14.7 Å². The van der Waals surface area contributed by atoms with Crippen LogP contribution in [0, 0.1) is 13.8 Å². The fourth-order valence-electron chi connectivity index (χ4n) is 2.33. The van der Waals surface area contributed by atoms with Gasteiger partial charge in [0.1, 0.15) is 0 Å². The van der Waals surface area contributed by atoms with E-state index in [0.29, 0.717) is 22.3 Å². The van der Waals surface area contributed by atoms with Crippen molar-refractivity contribution >= 4 is 39.6 Å². The number of aromatic hydroxyl groups is 1. The maximum absolute atomic E-state index is 12.0. The number of carbonyl (C=O) groups is 2. The molecule has 0 heterocycles. The summed E-state index contributed by atoms with van der Waals surface area (Å²) in [4.78, 5) is 24.0. The summed E-state index contributed by atoms with van der Waals surface area (Å²) in [6, 6.07) is 8.73. The second-order valence-electron chi connectivity index (χ2n) is 5.70. The molecular formula is C19H20BrN3O4. The van der Waals surface area contributed by atoms with E-state index in [-0.39, 0.29) is 11.5 Å². The number of hydrogen-bond acceptors (Lipinski definition) is 5. The van der Waals surface area contributed by atoms with E-state index in [2.05, 4.69) is 31.8 Å². The minimum atomic E-state index is -0.892. The van der Waals surface area contributed by atoms with E-state index in [4.69, 9.17) is 4.74 Å². The van der Waals surface area contributed by atoms with Gasteiger partial charge in [-0.3, -0.25) is 9.59 Å². The van der Waals surface area contributed by atoms with Crippen LogP contribution in [-0.4, -0.2) is 29.7 Å². The summed E-state index contributed by atoms with van der Waals surface area (Å²) in [5, 5.41) is 16.2. The van der Waals surface area contributed by atoms with Crippen molar-refractivity contribution in [2.75, 3.05) is 11.9 Å². The van der Waals surface area contributed by atoms with Crippen LogP contribution in [0.5, 0.6) is 11.5 Å². The van der Waals surface area contributed by atoms with Crippen molar-refractivity contribution in [3.05, 3.63) is 51.5 Å². The highest BCUT2D eigenvalue weighted by molar-refractivity contribution is 9.10. The fraction of sp³-hybridized carbons (Fsp3) is 0.211. The van der Waals surface area contributed by atoms with Gasteiger partial charge < -0.3 is 15.2 Å². The van der Waals surface area contributed by atoms with Gasteiger partial charge in [0, 0.05) is 5.69 Å². The number of nitrogens with one attached hydrogen (secondary N) is 2. The molecule has 0 aromatic heterocycles. The van der Waals surface area contributed by atoms with Crippen LogP contribution in [0.4, 0.5) is 5.69 Å². The first kappa shape index (κ1) is 20.4. The SMILES string of the molecule is CCOc1cc(/C=N\NC(=O)C(=O)Nc2c(C)cccc2C)cc(Br)c1O. The molecule has 0 saturated carbocycles. The molecular weight excluding hydrogens is 414 g/mol. The highest BCUT2D eigenvalue weighted by atomic mass is 79.9. The molecule has 0 saturated heterocycles. The van der Waals surface area contributed by atoms with E-state index >= 15 is 0 Å². The third kappa shape index (κ3) is 5.30. The van der Waals surface area contributed by atoms with Crippen molar-refractivity contribution in [2.24, 2.45) is 5.10 Å². The lowest BCUT2D eigenvalue weighted by atomic mass is 10.1. The first-order valence-corrected chi connectivity index (χ1v) is 8.98. The van der Waals surface area contributed by atoms with Gasteiger partial charge in [0.05, 0.1) is 17.3 Å². The molecule has 0 aliphatic heterocycles. The maximum Gasteiger partial charge on any atom is 0.329 e. The number of phenols is 1. The molecule has 0 aliphatic carbocycles. The van der Waals surface area contributed by atoms with E-state index in [1.54, 1.807) is 19.1 Å². The molecule has 8 heteroatoms. The van der Waals surface area contributed by atoms with Crippen LogP contribution in [0.25, 0.3) is 0 Å². The van der Waals surface area contributed by atoms with Gasteiger partial charge in [0.15, 0.2) is 11.5 Å². The molecule has 7 nitrogen and oxygen atoms in total. The number of hydrazone groups is 1.